The molecule has 30 heavy (non-hydrogen) atoms. The van der Waals surface area contributed by atoms with Gasteiger partial charge in [-0.15, -0.1) is 24.0 Å². The lowest BCUT2D eigenvalue weighted by atomic mass is 10.1. The van der Waals surface area contributed by atoms with E-state index in [2.05, 4.69) is 27.4 Å². The Balaban J connectivity index is 0.00000450. The van der Waals surface area contributed by atoms with Crippen LogP contribution in [0.2, 0.25) is 0 Å². The molecular weight excluding hydrogens is 515 g/mol. The van der Waals surface area contributed by atoms with Gasteiger partial charge in [0.05, 0.1) is 12.4 Å². The summed E-state index contributed by atoms with van der Waals surface area (Å²) in [4.78, 5) is 6.90. The fourth-order valence-corrected chi connectivity index (χ4v) is 3.85. The van der Waals surface area contributed by atoms with Crippen molar-refractivity contribution in [2.75, 3.05) is 51.3 Å². The van der Waals surface area contributed by atoms with E-state index < -0.39 is 9.84 Å². The molecular formula is C21H37IN4O3S. The standard InChI is InChI=1S/C21H36N4O3S.HI/c1-4-22-21(23-12-7-16-28-20-9-6-5-8-18(20)2)24-19-10-13-25(14-11-19)15-17-29(3,26)27;/h5-6,8-9,19H,4,7,10-17H2,1-3H3,(H2,22,23,24);1H. The Bertz CT molecular complexity index is 750. The Kier molecular flexibility index (Phi) is 12.7. The van der Waals surface area contributed by atoms with Crippen molar-refractivity contribution in [3.8, 4) is 5.75 Å². The van der Waals surface area contributed by atoms with Crippen molar-refractivity contribution in [3.63, 3.8) is 0 Å². The average molecular weight is 553 g/mol. The molecule has 2 rings (SSSR count). The fraction of sp³-hybridized carbons (Fsp3) is 0.667. The summed E-state index contributed by atoms with van der Waals surface area (Å²) in [7, 11) is -2.90. The number of nitrogens with zero attached hydrogens (tertiary/aromatic N) is 2. The van der Waals surface area contributed by atoms with Gasteiger partial charge in [-0.1, -0.05) is 18.2 Å². The number of ether oxygens (including phenoxy) is 1. The normalized spacial score (nSPS) is 16.0. The van der Waals surface area contributed by atoms with Gasteiger partial charge in [-0.2, -0.15) is 0 Å². The number of benzene rings is 1. The van der Waals surface area contributed by atoms with Gasteiger partial charge in [0, 0.05) is 51.4 Å². The quantitative estimate of drug-likeness (QED) is 0.201. The van der Waals surface area contributed by atoms with E-state index in [1.165, 1.54) is 6.26 Å². The summed E-state index contributed by atoms with van der Waals surface area (Å²) in [5.41, 5.74) is 1.15. The molecule has 1 heterocycles. The molecule has 1 aromatic rings. The van der Waals surface area contributed by atoms with Crippen LogP contribution in [0.4, 0.5) is 0 Å². The van der Waals surface area contributed by atoms with Gasteiger partial charge in [0.1, 0.15) is 15.6 Å². The number of rotatable bonds is 10. The van der Waals surface area contributed by atoms with Crippen LogP contribution in [0.25, 0.3) is 0 Å². The van der Waals surface area contributed by atoms with Crippen LogP contribution in [0.15, 0.2) is 29.3 Å². The maximum Gasteiger partial charge on any atom is 0.191 e. The van der Waals surface area contributed by atoms with Crippen molar-refractivity contribution in [1.82, 2.24) is 15.5 Å². The Morgan fingerprint density at radius 3 is 2.60 bits per heavy atom. The minimum Gasteiger partial charge on any atom is -0.493 e. The summed E-state index contributed by atoms with van der Waals surface area (Å²) in [6.45, 7) is 8.73. The van der Waals surface area contributed by atoms with E-state index in [0.717, 1.165) is 56.2 Å². The van der Waals surface area contributed by atoms with Crippen LogP contribution in [0.3, 0.4) is 0 Å². The number of nitrogens with one attached hydrogen (secondary N) is 2. The third-order valence-corrected chi connectivity index (χ3v) is 5.90. The minimum absolute atomic E-state index is 0. The topological polar surface area (TPSA) is 83.0 Å². The molecule has 0 unspecified atom stereocenters. The second-order valence-corrected chi connectivity index (χ2v) is 9.88. The molecule has 2 N–H and O–H groups in total. The molecule has 0 saturated carbocycles. The molecule has 0 aromatic heterocycles. The highest BCUT2D eigenvalue weighted by atomic mass is 127. The number of hydrogen-bond donors (Lipinski definition) is 2. The number of guanidine groups is 1. The Morgan fingerprint density at radius 1 is 1.27 bits per heavy atom. The first-order chi connectivity index (χ1) is 13.9. The Morgan fingerprint density at radius 2 is 1.97 bits per heavy atom. The van der Waals surface area contributed by atoms with Crippen LogP contribution in [0.1, 0.15) is 31.7 Å². The van der Waals surface area contributed by atoms with Crippen LogP contribution in [-0.4, -0.2) is 76.7 Å². The highest BCUT2D eigenvalue weighted by molar-refractivity contribution is 14.0. The molecule has 0 amide bonds. The first-order valence-corrected chi connectivity index (χ1v) is 12.6. The summed E-state index contributed by atoms with van der Waals surface area (Å²) in [5.74, 6) is 2.02. The van der Waals surface area contributed by atoms with E-state index in [4.69, 9.17) is 4.74 Å². The summed E-state index contributed by atoms with van der Waals surface area (Å²) >= 11 is 0. The van der Waals surface area contributed by atoms with E-state index in [9.17, 15) is 8.42 Å². The van der Waals surface area contributed by atoms with Crippen molar-refractivity contribution < 1.29 is 13.2 Å². The molecule has 0 atom stereocenters. The van der Waals surface area contributed by atoms with Crippen LogP contribution >= 0.6 is 24.0 Å². The summed E-state index contributed by atoms with van der Waals surface area (Å²) < 4.78 is 28.5. The van der Waals surface area contributed by atoms with E-state index in [-0.39, 0.29) is 29.7 Å². The molecule has 7 nitrogen and oxygen atoms in total. The van der Waals surface area contributed by atoms with Gasteiger partial charge < -0.3 is 20.3 Å². The van der Waals surface area contributed by atoms with Gasteiger partial charge in [0.15, 0.2) is 5.96 Å². The number of likely N-dealkylation sites (tertiary alicyclic amines) is 1. The van der Waals surface area contributed by atoms with E-state index in [0.29, 0.717) is 25.7 Å². The number of sulfone groups is 1. The van der Waals surface area contributed by atoms with Gasteiger partial charge in [-0.25, -0.2) is 8.42 Å². The van der Waals surface area contributed by atoms with Gasteiger partial charge in [-0.05, 0) is 38.3 Å². The summed E-state index contributed by atoms with van der Waals surface area (Å²) in [6, 6.07) is 8.40. The van der Waals surface area contributed by atoms with Crippen molar-refractivity contribution in [2.24, 2.45) is 4.99 Å². The zero-order valence-corrected chi connectivity index (χ0v) is 21.5. The van der Waals surface area contributed by atoms with Crippen molar-refractivity contribution in [1.29, 1.82) is 0 Å². The maximum atomic E-state index is 11.3. The van der Waals surface area contributed by atoms with Crippen molar-refractivity contribution >= 4 is 39.8 Å². The number of aryl methyl sites for hydroxylation is 1. The van der Waals surface area contributed by atoms with Crippen LogP contribution in [-0.2, 0) is 9.84 Å². The highest BCUT2D eigenvalue weighted by Crippen LogP contribution is 2.16. The van der Waals surface area contributed by atoms with Gasteiger partial charge >= 0.3 is 0 Å². The van der Waals surface area contributed by atoms with Crippen LogP contribution in [0, 0.1) is 6.92 Å². The monoisotopic (exact) mass is 552 g/mol. The van der Waals surface area contributed by atoms with Crippen molar-refractivity contribution in [2.45, 2.75) is 39.2 Å². The second kappa shape index (κ2) is 14.1. The fourth-order valence-electron chi connectivity index (χ4n) is 3.27. The third kappa shape index (κ3) is 10.8. The zero-order chi connectivity index (χ0) is 21.1. The van der Waals surface area contributed by atoms with E-state index >= 15 is 0 Å². The molecule has 1 aliphatic rings. The van der Waals surface area contributed by atoms with Crippen molar-refractivity contribution in [3.05, 3.63) is 29.8 Å². The predicted octanol–water partition coefficient (Wildman–Crippen LogP) is 2.45. The molecule has 0 radical (unpaired) electrons. The Labute approximate surface area is 199 Å². The molecule has 9 heteroatoms. The number of hydrogen-bond acceptors (Lipinski definition) is 5. The smallest absolute Gasteiger partial charge is 0.191 e. The third-order valence-electron chi connectivity index (χ3n) is 4.97. The molecule has 0 aliphatic carbocycles. The first-order valence-electron chi connectivity index (χ1n) is 10.5. The minimum atomic E-state index is -2.90. The molecule has 172 valence electrons. The SMILES string of the molecule is CCNC(=NCCCOc1ccccc1C)NC1CCN(CCS(C)(=O)=O)CC1.I. The lowest BCUT2D eigenvalue weighted by molar-refractivity contribution is 0.216. The molecule has 1 saturated heterocycles. The van der Waals surface area contributed by atoms with Crippen LogP contribution in [0.5, 0.6) is 5.75 Å². The predicted molar refractivity (Wildman–Crippen MR) is 135 cm³/mol. The number of piperidine rings is 1. The molecule has 0 spiro atoms. The van der Waals surface area contributed by atoms with Gasteiger partial charge in [-0.3, -0.25) is 4.99 Å². The number of halogens is 1. The summed E-state index contributed by atoms with van der Waals surface area (Å²) in [6.07, 6.45) is 4.14. The number of aliphatic imine (C=N–C) groups is 1. The molecule has 1 aromatic carbocycles. The van der Waals surface area contributed by atoms with E-state index in [1.807, 2.05) is 31.2 Å². The van der Waals surface area contributed by atoms with E-state index in [1.54, 1.807) is 0 Å². The Hall–Kier alpha value is -1.07. The highest BCUT2D eigenvalue weighted by Gasteiger charge is 2.20. The number of para-hydroxylation sites is 1. The average Bonchev–Trinajstić information content (AvgIpc) is 2.68. The largest absolute Gasteiger partial charge is 0.493 e. The maximum absolute atomic E-state index is 11.3. The molecule has 1 fully saturated rings. The second-order valence-electron chi connectivity index (χ2n) is 7.62. The zero-order valence-electron chi connectivity index (χ0n) is 18.4. The lowest BCUT2D eigenvalue weighted by Gasteiger charge is -2.32. The van der Waals surface area contributed by atoms with Crippen LogP contribution < -0.4 is 15.4 Å². The first kappa shape index (κ1) is 27.0. The molecule has 0 bridgehead atoms. The lowest BCUT2D eigenvalue weighted by Crippen LogP contribution is -2.49. The van der Waals surface area contributed by atoms with Gasteiger partial charge in [0.25, 0.3) is 0 Å². The summed E-state index contributed by atoms with van der Waals surface area (Å²) in [5, 5.41) is 6.83. The van der Waals surface area contributed by atoms with Gasteiger partial charge in [0.2, 0.25) is 0 Å². The molecule has 1 aliphatic heterocycles.